The van der Waals surface area contributed by atoms with Crippen molar-refractivity contribution >= 4 is 23.2 Å². The van der Waals surface area contributed by atoms with Crippen molar-refractivity contribution in [1.82, 2.24) is 4.90 Å². The average molecular weight is 257 g/mol. The number of hydrogen-bond acceptors (Lipinski definition) is 2. The normalized spacial score (nSPS) is 16.5. The Bertz CT molecular complexity index is 439. The summed E-state index contributed by atoms with van der Waals surface area (Å²) < 4.78 is 13.0. The SMILES string of the molecule is CCN1CCN(c2ccc(F)c(Cl)c2)CC1=O. The van der Waals surface area contributed by atoms with Gasteiger partial charge in [0.25, 0.3) is 0 Å². The molecule has 0 atom stereocenters. The maximum absolute atomic E-state index is 13.0. The highest BCUT2D eigenvalue weighted by Gasteiger charge is 2.23. The van der Waals surface area contributed by atoms with Gasteiger partial charge < -0.3 is 9.80 Å². The molecule has 0 N–H and O–H groups in total. The van der Waals surface area contributed by atoms with Gasteiger partial charge in [-0.2, -0.15) is 0 Å². The molecule has 0 bridgehead atoms. The molecule has 0 radical (unpaired) electrons. The van der Waals surface area contributed by atoms with Crippen LogP contribution in [0.15, 0.2) is 18.2 Å². The molecule has 1 aliphatic heterocycles. The fourth-order valence-corrected chi connectivity index (χ4v) is 2.12. The number of carbonyl (C=O) groups excluding carboxylic acids is 1. The lowest BCUT2D eigenvalue weighted by Crippen LogP contribution is -2.50. The number of nitrogens with zero attached hydrogens (tertiary/aromatic N) is 2. The summed E-state index contributed by atoms with van der Waals surface area (Å²) in [4.78, 5) is 15.5. The minimum absolute atomic E-state index is 0.0906. The minimum Gasteiger partial charge on any atom is -0.360 e. The Hall–Kier alpha value is -1.29. The smallest absolute Gasteiger partial charge is 0.242 e. The molecule has 92 valence electrons. The van der Waals surface area contributed by atoms with Gasteiger partial charge in [-0.25, -0.2) is 4.39 Å². The third kappa shape index (κ3) is 2.52. The third-order valence-corrected chi connectivity index (χ3v) is 3.26. The second kappa shape index (κ2) is 4.92. The van der Waals surface area contributed by atoms with Crippen molar-refractivity contribution in [3.8, 4) is 0 Å². The first kappa shape index (κ1) is 12.2. The molecule has 5 heteroatoms. The number of benzene rings is 1. The topological polar surface area (TPSA) is 23.6 Å². The van der Waals surface area contributed by atoms with Crippen LogP contribution in [-0.4, -0.2) is 37.0 Å². The van der Waals surface area contributed by atoms with Crippen LogP contribution in [0, 0.1) is 5.82 Å². The number of halogens is 2. The number of anilines is 1. The molecule has 1 aromatic carbocycles. The number of rotatable bonds is 2. The molecule has 17 heavy (non-hydrogen) atoms. The molecular formula is C12H14ClFN2O. The Balaban J connectivity index is 2.14. The minimum atomic E-state index is -0.436. The quantitative estimate of drug-likeness (QED) is 0.810. The van der Waals surface area contributed by atoms with Gasteiger partial charge in [-0.1, -0.05) is 11.6 Å². The molecule has 0 saturated carbocycles. The zero-order chi connectivity index (χ0) is 12.4. The van der Waals surface area contributed by atoms with Crippen LogP contribution in [0.3, 0.4) is 0 Å². The number of amides is 1. The number of hydrogen-bond donors (Lipinski definition) is 0. The Kier molecular flexibility index (Phi) is 3.52. The molecule has 3 nitrogen and oxygen atoms in total. The number of likely N-dealkylation sites (N-methyl/N-ethyl adjacent to an activating group) is 1. The molecule has 0 aromatic heterocycles. The predicted octanol–water partition coefficient (Wildman–Crippen LogP) is 2.15. The van der Waals surface area contributed by atoms with Crippen LogP contribution in [0.2, 0.25) is 5.02 Å². The van der Waals surface area contributed by atoms with Gasteiger partial charge in [-0.15, -0.1) is 0 Å². The van der Waals surface area contributed by atoms with E-state index in [1.807, 2.05) is 16.7 Å². The van der Waals surface area contributed by atoms with Crippen molar-refractivity contribution in [2.24, 2.45) is 0 Å². The van der Waals surface area contributed by atoms with Gasteiger partial charge in [0.1, 0.15) is 5.82 Å². The first-order chi connectivity index (χ1) is 8.11. The van der Waals surface area contributed by atoms with E-state index < -0.39 is 5.82 Å². The van der Waals surface area contributed by atoms with Gasteiger partial charge in [-0.3, -0.25) is 4.79 Å². The largest absolute Gasteiger partial charge is 0.360 e. The van der Waals surface area contributed by atoms with Gasteiger partial charge in [-0.05, 0) is 25.1 Å². The summed E-state index contributed by atoms with van der Waals surface area (Å²) in [6.07, 6.45) is 0. The maximum atomic E-state index is 13.0. The zero-order valence-electron chi connectivity index (χ0n) is 9.62. The molecule has 0 aliphatic carbocycles. The molecule has 1 aliphatic rings. The fourth-order valence-electron chi connectivity index (χ4n) is 1.95. The first-order valence-corrected chi connectivity index (χ1v) is 5.97. The molecule has 1 heterocycles. The summed E-state index contributed by atoms with van der Waals surface area (Å²) in [6.45, 7) is 4.47. The molecular weight excluding hydrogens is 243 g/mol. The average Bonchev–Trinajstić information content (AvgIpc) is 2.32. The standard InChI is InChI=1S/C12H14ClFN2O/c1-2-15-5-6-16(8-12(15)17)9-3-4-11(14)10(13)7-9/h3-4,7H,2,5-6,8H2,1H3. The van der Waals surface area contributed by atoms with E-state index in [2.05, 4.69) is 0 Å². The molecule has 1 amide bonds. The van der Waals surface area contributed by atoms with Crippen LogP contribution in [-0.2, 0) is 4.79 Å². The zero-order valence-corrected chi connectivity index (χ0v) is 10.4. The van der Waals surface area contributed by atoms with Crippen molar-refractivity contribution in [3.05, 3.63) is 29.0 Å². The highest BCUT2D eigenvalue weighted by atomic mass is 35.5. The highest BCUT2D eigenvalue weighted by Crippen LogP contribution is 2.23. The van der Waals surface area contributed by atoms with Gasteiger partial charge >= 0.3 is 0 Å². The fraction of sp³-hybridized carbons (Fsp3) is 0.417. The van der Waals surface area contributed by atoms with E-state index in [-0.39, 0.29) is 10.9 Å². The molecule has 1 saturated heterocycles. The molecule has 0 spiro atoms. The van der Waals surface area contributed by atoms with E-state index in [4.69, 9.17) is 11.6 Å². The van der Waals surface area contributed by atoms with Crippen molar-refractivity contribution in [1.29, 1.82) is 0 Å². The van der Waals surface area contributed by atoms with Crippen molar-refractivity contribution in [3.63, 3.8) is 0 Å². The van der Waals surface area contributed by atoms with Gasteiger partial charge in [0.15, 0.2) is 0 Å². The monoisotopic (exact) mass is 256 g/mol. The summed E-state index contributed by atoms with van der Waals surface area (Å²) in [5.41, 5.74) is 0.792. The molecule has 1 aromatic rings. The van der Waals surface area contributed by atoms with E-state index in [0.717, 1.165) is 18.8 Å². The molecule has 0 unspecified atom stereocenters. The van der Waals surface area contributed by atoms with E-state index in [9.17, 15) is 9.18 Å². The van der Waals surface area contributed by atoms with Crippen LogP contribution in [0.25, 0.3) is 0 Å². The molecule has 2 rings (SSSR count). The van der Waals surface area contributed by atoms with E-state index in [1.165, 1.54) is 6.07 Å². The van der Waals surface area contributed by atoms with Gasteiger partial charge in [0, 0.05) is 25.3 Å². The van der Waals surface area contributed by atoms with E-state index in [0.29, 0.717) is 13.1 Å². The summed E-state index contributed by atoms with van der Waals surface area (Å²) in [6, 6.07) is 4.54. The first-order valence-electron chi connectivity index (χ1n) is 5.59. The van der Waals surface area contributed by atoms with Crippen LogP contribution >= 0.6 is 11.6 Å². The van der Waals surface area contributed by atoms with E-state index in [1.54, 1.807) is 12.1 Å². The lowest BCUT2D eigenvalue weighted by Gasteiger charge is -2.35. The van der Waals surface area contributed by atoms with Gasteiger partial charge in [0.05, 0.1) is 11.6 Å². The van der Waals surface area contributed by atoms with Crippen molar-refractivity contribution in [2.45, 2.75) is 6.92 Å². The summed E-state index contributed by atoms with van der Waals surface area (Å²) in [5, 5.41) is 0.0906. The van der Waals surface area contributed by atoms with Gasteiger partial charge in [0.2, 0.25) is 5.91 Å². The Labute approximate surface area is 105 Å². The molecule has 1 fully saturated rings. The Morgan fingerprint density at radius 3 is 2.76 bits per heavy atom. The van der Waals surface area contributed by atoms with Crippen LogP contribution in [0.5, 0.6) is 0 Å². The third-order valence-electron chi connectivity index (χ3n) is 2.97. The maximum Gasteiger partial charge on any atom is 0.242 e. The van der Waals surface area contributed by atoms with Crippen LogP contribution in [0.4, 0.5) is 10.1 Å². The second-order valence-electron chi connectivity index (χ2n) is 3.99. The second-order valence-corrected chi connectivity index (χ2v) is 4.40. The summed E-state index contributed by atoms with van der Waals surface area (Å²) in [5.74, 6) is -0.340. The van der Waals surface area contributed by atoms with Crippen molar-refractivity contribution < 1.29 is 9.18 Å². The lowest BCUT2D eigenvalue weighted by molar-refractivity contribution is -0.130. The Morgan fingerprint density at radius 1 is 1.41 bits per heavy atom. The van der Waals surface area contributed by atoms with E-state index >= 15 is 0 Å². The lowest BCUT2D eigenvalue weighted by atomic mass is 10.2. The highest BCUT2D eigenvalue weighted by molar-refractivity contribution is 6.31. The van der Waals surface area contributed by atoms with Crippen LogP contribution < -0.4 is 4.90 Å². The van der Waals surface area contributed by atoms with Crippen LogP contribution in [0.1, 0.15) is 6.92 Å². The summed E-state index contributed by atoms with van der Waals surface area (Å²) in [7, 11) is 0. The summed E-state index contributed by atoms with van der Waals surface area (Å²) >= 11 is 5.73. The number of piperazine rings is 1. The predicted molar refractivity (Wildman–Crippen MR) is 65.9 cm³/mol. The van der Waals surface area contributed by atoms with Crippen molar-refractivity contribution in [2.75, 3.05) is 31.1 Å². The number of carbonyl (C=O) groups is 1. The Morgan fingerprint density at radius 2 is 2.18 bits per heavy atom.